The average molecular weight is 220 g/mol. The molecule has 0 N–H and O–H groups in total. The van der Waals surface area contributed by atoms with E-state index in [1.54, 1.807) is 0 Å². The highest BCUT2D eigenvalue weighted by Crippen LogP contribution is 2.50. The predicted octanol–water partition coefficient (Wildman–Crippen LogP) is 3.24. The number of rotatable bonds is 0. The van der Waals surface area contributed by atoms with Crippen LogP contribution in [0.15, 0.2) is 48.5 Å². The molecule has 2 bridgehead atoms. The Morgan fingerprint density at radius 2 is 1.24 bits per heavy atom. The Hall–Kier alpha value is -1.89. The Morgan fingerprint density at radius 1 is 0.765 bits per heavy atom. The summed E-state index contributed by atoms with van der Waals surface area (Å²) >= 11 is 0. The van der Waals surface area contributed by atoms with E-state index in [0.717, 1.165) is 0 Å². The fourth-order valence-corrected chi connectivity index (χ4v) is 3.40. The first-order valence-electron chi connectivity index (χ1n) is 6.06. The summed E-state index contributed by atoms with van der Waals surface area (Å²) in [6.07, 6.45) is 0.679. The van der Waals surface area contributed by atoms with Crippen LogP contribution in [0, 0.1) is 0 Å². The van der Waals surface area contributed by atoms with Gasteiger partial charge in [0.15, 0.2) is 0 Å². The SMILES string of the molecule is O=C1CC2c3ccccc3C1c1ccccc12. The quantitative estimate of drug-likeness (QED) is 0.666. The second-order valence-corrected chi connectivity index (χ2v) is 4.91. The Balaban J connectivity index is 2.08. The van der Waals surface area contributed by atoms with E-state index in [9.17, 15) is 4.79 Å². The highest BCUT2D eigenvalue weighted by atomic mass is 16.1. The van der Waals surface area contributed by atoms with Crippen molar-refractivity contribution in [3.8, 4) is 0 Å². The molecule has 5 rings (SSSR count). The Kier molecular flexibility index (Phi) is 1.66. The van der Waals surface area contributed by atoms with Crippen molar-refractivity contribution in [3.05, 3.63) is 70.8 Å². The minimum atomic E-state index is -0.00704. The summed E-state index contributed by atoms with van der Waals surface area (Å²) in [6.45, 7) is 0. The molecule has 2 aromatic carbocycles. The molecule has 0 aromatic heterocycles. The maximum Gasteiger partial charge on any atom is 0.145 e. The lowest BCUT2D eigenvalue weighted by molar-refractivity contribution is -0.120. The number of benzene rings is 2. The van der Waals surface area contributed by atoms with E-state index >= 15 is 0 Å². The van der Waals surface area contributed by atoms with Gasteiger partial charge in [-0.2, -0.15) is 0 Å². The molecular weight excluding hydrogens is 208 g/mol. The fourth-order valence-electron chi connectivity index (χ4n) is 3.40. The van der Waals surface area contributed by atoms with E-state index in [0.29, 0.717) is 18.1 Å². The van der Waals surface area contributed by atoms with E-state index in [-0.39, 0.29) is 5.92 Å². The van der Waals surface area contributed by atoms with E-state index in [1.807, 2.05) is 12.1 Å². The number of Topliss-reactive ketones (excluding diaryl/α,β-unsaturated/α-hetero) is 1. The molecule has 1 nitrogen and oxygen atoms in total. The van der Waals surface area contributed by atoms with Gasteiger partial charge in [-0.25, -0.2) is 0 Å². The van der Waals surface area contributed by atoms with Crippen LogP contribution in [-0.4, -0.2) is 5.78 Å². The molecule has 0 heterocycles. The van der Waals surface area contributed by atoms with Crippen LogP contribution < -0.4 is 0 Å². The Morgan fingerprint density at radius 3 is 1.76 bits per heavy atom. The molecule has 0 fully saturated rings. The summed E-state index contributed by atoms with van der Waals surface area (Å²) in [5, 5.41) is 0. The number of hydrogen-bond acceptors (Lipinski definition) is 1. The molecule has 0 aliphatic heterocycles. The van der Waals surface area contributed by atoms with E-state index < -0.39 is 0 Å². The largest absolute Gasteiger partial charge is 0.299 e. The molecule has 0 unspecified atom stereocenters. The van der Waals surface area contributed by atoms with Gasteiger partial charge < -0.3 is 0 Å². The maximum absolute atomic E-state index is 12.2. The van der Waals surface area contributed by atoms with Gasteiger partial charge in [-0.3, -0.25) is 4.79 Å². The second-order valence-electron chi connectivity index (χ2n) is 4.91. The second kappa shape index (κ2) is 3.07. The first-order valence-corrected chi connectivity index (χ1v) is 6.06. The zero-order chi connectivity index (χ0) is 11.4. The van der Waals surface area contributed by atoms with Gasteiger partial charge in [0.05, 0.1) is 5.92 Å². The minimum Gasteiger partial charge on any atom is -0.299 e. The lowest BCUT2D eigenvalue weighted by atomic mass is 9.63. The lowest BCUT2D eigenvalue weighted by Gasteiger charge is -2.39. The molecule has 82 valence electrons. The minimum absolute atomic E-state index is 0.00704. The third-order valence-corrected chi connectivity index (χ3v) is 4.09. The standard InChI is InChI=1S/C16H12O/c17-15-9-14-10-5-1-3-7-12(10)16(15)13-8-4-2-6-11(13)14/h1-8,14,16H,9H2. The molecule has 2 aromatic rings. The number of hydrogen-bond donors (Lipinski definition) is 0. The van der Waals surface area contributed by atoms with Gasteiger partial charge >= 0.3 is 0 Å². The molecule has 1 heteroatoms. The topological polar surface area (TPSA) is 17.1 Å². The molecule has 0 saturated heterocycles. The lowest BCUT2D eigenvalue weighted by Crippen LogP contribution is -2.32. The van der Waals surface area contributed by atoms with Crippen molar-refractivity contribution in [1.29, 1.82) is 0 Å². The summed E-state index contributed by atoms with van der Waals surface area (Å²) in [5.41, 5.74) is 5.17. The third kappa shape index (κ3) is 1.06. The molecule has 0 amide bonds. The van der Waals surface area contributed by atoms with Gasteiger partial charge in [0.25, 0.3) is 0 Å². The van der Waals surface area contributed by atoms with Gasteiger partial charge in [0.2, 0.25) is 0 Å². The molecule has 0 radical (unpaired) electrons. The average Bonchev–Trinajstić information content (AvgIpc) is 2.39. The first-order chi connectivity index (χ1) is 8.36. The summed E-state index contributed by atoms with van der Waals surface area (Å²) in [6, 6.07) is 16.8. The van der Waals surface area contributed by atoms with Crippen molar-refractivity contribution >= 4 is 5.78 Å². The van der Waals surface area contributed by atoms with E-state index in [1.165, 1.54) is 22.3 Å². The zero-order valence-corrected chi connectivity index (χ0v) is 9.39. The van der Waals surface area contributed by atoms with Crippen molar-refractivity contribution in [3.63, 3.8) is 0 Å². The molecule has 3 aliphatic rings. The number of ketones is 1. The molecule has 0 atom stereocenters. The van der Waals surface area contributed by atoms with E-state index in [2.05, 4.69) is 36.4 Å². The van der Waals surface area contributed by atoms with Crippen LogP contribution >= 0.6 is 0 Å². The Labute approximate surface area is 100 Å². The summed E-state index contributed by atoms with van der Waals surface area (Å²) < 4.78 is 0. The number of carbonyl (C=O) groups is 1. The first kappa shape index (κ1) is 9.17. The summed E-state index contributed by atoms with van der Waals surface area (Å²) in [5.74, 6) is 0.666. The van der Waals surface area contributed by atoms with Crippen molar-refractivity contribution in [2.45, 2.75) is 18.3 Å². The van der Waals surface area contributed by atoms with Crippen molar-refractivity contribution in [1.82, 2.24) is 0 Å². The van der Waals surface area contributed by atoms with E-state index in [4.69, 9.17) is 0 Å². The van der Waals surface area contributed by atoms with Crippen LogP contribution in [0.3, 0.4) is 0 Å². The Bertz CT molecular complexity index is 579. The van der Waals surface area contributed by atoms with Crippen LogP contribution in [0.25, 0.3) is 0 Å². The van der Waals surface area contributed by atoms with Crippen molar-refractivity contribution in [2.75, 3.05) is 0 Å². The monoisotopic (exact) mass is 220 g/mol. The van der Waals surface area contributed by atoms with Crippen LogP contribution in [0.5, 0.6) is 0 Å². The van der Waals surface area contributed by atoms with Gasteiger partial charge in [0.1, 0.15) is 5.78 Å². The number of fused-ring (bicyclic) bond motifs is 1. The maximum atomic E-state index is 12.2. The van der Waals surface area contributed by atoms with Crippen molar-refractivity contribution in [2.24, 2.45) is 0 Å². The van der Waals surface area contributed by atoms with Crippen LogP contribution in [-0.2, 0) is 4.79 Å². The highest BCUT2D eigenvalue weighted by Gasteiger charge is 2.41. The zero-order valence-electron chi connectivity index (χ0n) is 9.39. The predicted molar refractivity (Wildman–Crippen MR) is 66.2 cm³/mol. The van der Waals surface area contributed by atoms with Gasteiger partial charge in [-0.15, -0.1) is 0 Å². The molecule has 3 aliphatic carbocycles. The molecule has 0 saturated carbocycles. The highest BCUT2D eigenvalue weighted by molar-refractivity contribution is 5.95. The molecular formula is C16H12O. The number of carbonyl (C=O) groups excluding carboxylic acids is 1. The summed E-state index contributed by atoms with van der Waals surface area (Å²) in [4.78, 5) is 12.2. The van der Waals surface area contributed by atoms with Crippen LogP contribution in [0.4, 0.5) is 0 Å². The molecule has 0 spiro atoms. The van der Waals surface area contributed by atoms with Gasteiger partial charge in [0, 0.05) is 12.3 Å². The summed E-state index contributed by atoms with van der Waals surface area (Å²) in [7, 11) is 0. The molecule has 17 heavy (non-hydrogen) atoms. The van der Waals surface area contributed by atoms with Crippen LogP contribution in [0.2, 0.25) is 0 Å². The fraction of sp³-hybridized carbons (Fsp3) is 0.188. The van der Waals surface area contributed by atoms with Gasteiger partial charge in [-0.1, -0.05) is 48.5 Å². The third-order valence-electron chi connectivity index (χ3n) is 4.09. The smallest absolute Gasteiger partial charge is 0.145 e. The van der Waals surface area contributed by atoms with Crippen molar-refractivity contribution < 1.29 is 4.79 Å². The van der Waals surface area contributed by atoms with Gasteiger partial charge in [-0.05, 0) is 22.3 Å². The normalized spacial score (nSPS) is 24.4. The van der Waals surface area contributed by atoms with Crippen LogP contribution in [0.1, 0.15) is 40.5 Å².